The Morgan fingerprint density at radius 3 is 2.47 bits per heavy atom. The molecule has 174 valence electrons. The number of rotatable bonds is 5. The highest BCUT2D eigenvalue weighted by Crippen LogP contribution is 2.37. The van der Waals surface area contributed by atoms with E-state index in [9.17, 15) is 14.7 Å². The first-order valence-electron chi connectivity index (χ1n) is 11.0. The van der Waals surface area contributed by atoms with Crippen molar-refractivity contribution in [2.45, 2.75) is 27.2 Å². The molecule has 7 heteroatoms. The van der Waals surface area contributed by atoms with Gasteiger partial charge < -0.3 is 14.6 Å². The van der Waals surface area contributed by atoms with Gasteiger partial charge in [-0.1, -0.05) is 24.6 Å². The second-order valence-corrected chi connectivity index (χ2v) is 8.92. The Labute approximate surface area is 203 Å². The molecule has 0 saturated heterocycles. The van der Waals surface area contributed by atoms with Crippen molar-refractivity contribution in [1.29, 1.82) is 0 Å². The third kappa shape index (κ3) is 4.05. The lowest BCUT2D eigenvalue weighted by Crippen LogP contribution is -2.20. The van der Waals surface area contributed by atoms with Crippen LogP contribution in [0.4, 0.5) is 11.4 Å². The molecule has 4 rings (SSSR count). The van der Waals surface area contributed by atoms with E-state index in [1.807, 2.05) is 38.2 Å². The minimum Gasteiger partial charge on any atom is -0.477 e. The summed E-state index contributed by atoms with van der Waals surface area (Å²) in [5.41, 5.74) is 6.73. The van der Waals surface area contributed by atoms with Crippen molar-refractivity contribution >= 4 is 39.8 Å². The molecule has 0 aliphatic heterocycles. The molecule has 2 aromatic carbocycles. The number of halogens is 1. The van der Waals surface area contributed by atoms with Crippen molar-refractivity contribution in [2.24, 2.45) is 7.05 Å². The van der Waals surface area contributed by atoms with E-state index in [0.717, 1.165) is 45.4 Å². The van der Waals surface area contributed by atoms with Gasteiger partial charge in [0.2, 0.25) is 0 Å². The van der Waals surface area contributed by atoms with Crippen LogP contribution in [-0.4, -0.2) is 27.7 Å². The molecule has 4 aromatic rings. The van der Waals surface area contributed by atoms with Gasteiger partial charge in [0.25, 0.3) is 5.56 Å². The third-order valence-corrected chi connectivity index (χ3v) is 6.57. The van der Waals surface area contributed by atoms with E-state index < -0.39 is 5.97 Å². The number of aromatic carboxylic acids is 1. The number of carbonyl (C=O) groups is 1. The zero-order chi connectivity index (χ0) is 24.7. The molecule has 0 aliphatic carbocycles. The van der Waals surface area contributed by atoms with E-state index in [2.05, 4.69) is 28.9 Å². The molecule has 2 heterocycles. The Morgan fingerprint density at radius 2 is 1.85 bits per heavy atom. The number of anilines is 2. The van der Waals surface area contributed by atoms with E-state index >= 15 is 0 Å². The van der Waals surface area contributed by atoms with E-state index in [-0.39, 0.29) is 11.3 Å². The summed E-state index contributed by atoms with van der Waals surface area (Å²) in [6.07, 6.45) is 2.37. The monoisotopic (exact) mass is 475 g/mol. The number of fused-ring (bicyclic) bond motifs is 1. The number of carboxylic acids is 1. The first-order chi connectivity index (χ1) is 16.1. The van der Waals surface area contributed by atoms with Gasteiger partial charge in [-0.2, -0.15) is 0 Å². The van der Waals surface area contributed by atoms with Crippen molar-refractivity contribution in [3.63, 3.8) is 0 Å². The molecule has 0 amide bonds. The SMILES string of the molecule is CCc1cc(N(C)c2ccc(-c3cnc(C(=O)O)c(C)c3)c(Cl)c2)c2cc(C)c(=O)n(C)c2c1. The molecule has 34 heavy (non-hydrogen) atoms. The van der Waals surface area contributed by atoms with E-state index in [0.29, 0.717) is 16.1 Å². The maximum atomic E-state index is 12.5. The van der Waals surface area contributed by atoms with Gasteiger partial charge in [-0.25, -0.2) is 9.78 Å². The maximum Gasteiger partial charge on any atom is 0.354 e. The summed E-state index contributed by atoms with van der Waals surface area (Å²) in [6, 6.07) is 13.7. The predicted molar refractivity (Wildman–Crippen MR) is 138 cm³/mol. The van der Waals surface area contributed by atoms with Gasteiger partial charge >= 0.3 is 5.97 Å². The Hall–Kier alpha value is -3.64. The Morgan fingerprint density at radius 1 is 1.12 bits per heavy atom. The summed E-state index contributed by atoms with van der Waals surface area (Å²) >= 11 is 6.68. The largest absolute Gasteiger partial charge is 0.477 e. The fourth-order valence-electron chi connectivity index (χ4n) is 4.27. The summed E-state index contributed by atoms with van der Waals surface area (Å²) in [4.78, 5) is 30.0. The minimum absolute atomic E-state index is 0.000395. The summed E-state index contributed by atoms with van der Waals surface area (Å²) in [6.45, 7) is 5.64. The van der Waals surface area contributed by atoms with Gasteiger partial charge in [-0.15, -0.1) is 0 Å². The van der Waals surface area contributed by atoms with Crippen molar-refractivity contribution in [2.75, 3.05) is 11.9 Å². The number of pyridine rings is 2. The van der Waals surface area contributed by atoms with E-state index in [1.54, 1.807) is 24.6 Å². The fourth-order valence-corrected chi connectivity index (χ4v) is 4.55. The molecule has 0 aliphatic rings. The number of benzene rings is 2. The average Bonchev–Trinajstić information content (AvgIpc) is 2.81. The zero-order valence-corrected chi connectivity index (χ0v) is 20.6. The van der Waals surface area contributed by atoms with Crippen molar-refractivity contribution in [3.8, 4) is 11.1 Å². The fraction of sp³-hybridized carbons (Fsp3) is 0.222. The van der Waals surface area contributed by atoms with Gasteiger partial charge in [0.05, 0.1) is 16.2 Å². The third-order valence-electron chi connectivity index (χ3n) is 6.26. The van der Waals surface area contributed by atoms with Crippen molar-refractivity contribution in [1.82, 2.24) is 9.55 Å². The quantitative estimate of drug-likeness (QED) is 0.389. The van der Waals surface area contributed by atoms with Crippen LogP contribution < -0.4 is 10.5 Å². The second-order valence-electron chi connectivity index (χ2n) is 8.51. The van der Waals surface area contributed by atoms with E-state index in [1.165, 1.54) is 6.20 Å². The summed E-state index contributed by atoms with van der Waals surface area (Å²) in [5, 5.41) is 10.8. The Bertz CT molecular complexity index is 1510. The van der Waals surface area contributed by atoms with Crippen molar-refractivity contribution < 1.29 is 9.90 Å². The maximum absolute atomic E-state index is 12.5. The van der Waals surface area contributed by atoms with Crippen LogP contribution in [0, 0.1) is 13.8 Å². The molecular weight excluding hydrogens is 450 g/mol. The number of aromatic nitrogens is 2. The molecule has 0 bridgehead atoms. The molecular formula is C27H26ClN3O3. The molecule has 6 nitrogen and oxygen atoms in total. The van der Waals surface area contributed by atoms with Crippen LogP contribution in [0.1, 0.15) is 34.1 Å². The summed E-state index contributed by atoms with van der Waals surface area (Å²) in [7, 11) is 3.78. The topological polar surface area (TPSA) is 75.4 Å². The molecule has 0 radical (unpaired) electrons. The molecule has 0 spiro atoms. The van der Waals surface area contributed by atoms with Crippen LogP contribution in [-0.2, 0) is 13.5 Å². The van der Waals surface area contributed by atoms with Gasteiger partial charge in [0.1, 0.15) is 0 Å². The van der Waals surface area contributed by atoms with Gasteiger partial charge in [0, 0.05) is 48.1 Å². The first kappa shape index (κ1) is 23.5. The lowest BCUT2D eigenvalue weighted by molar-refractivity contribution is 0.0689. The number of aryl methyl sites for hydroxylation is 4. The number of carboxylic acid groups (broad SMARTS) is 1. The smallest absolute Gasteiger partial charge is 0.354 e. The highest BCUT2D eigenvalue weighted by molar-refractivity contribution is 6.33. The zero-order valence-electron chi connectivity index (χ0n) is 19.8. The highest BCUT2D eigenvalue weighted by atomic mass is 35.5. The van der Waals surface area contributed by atoms with Crippen LogP contribution in [0.25, 0.3) is 22.0 Å². The Balaban J connectivity index is 1.81. The van der Waals surface area contributed by atoms with E-state index in [4.69, 9.17) is 11.6 Å². The predicted octanol–water partition coefficient (Wildman–Crippen LogP) is 5.90. The standard InChI is InChI=1S/C27H26ClN3O3/c1-6-17-11-23(21-10-16(3)26(32)31(5)24(21)12-17)30(4)19-7-8-20(22(28)13-19)18-9-15(2)25(27(33)34)29-14-18/h7-14H,6H2,1-5H3,(H,33,34). The van der Waals surface area contributed by atoms with Crippen LogP contribution in [0.3, 0.4) is 0 Å². The van der Waals surface area contributed by atoms with Crippen LogP contribution in [0.5, 0.6) is 0 Å². The van der Waals surface area contributed by atoms with Gasteiger partial charge in [0.15, 0.2) is 5.69 Å². The van der Waals surface area contributed by atoms with Crippen molar-refractivity contribution in [3.05, 3.63) is 86.4 Å². The minimum atomic E-state index is -1.05. The molecule has 2 aromatic heterocycles. The van der Waals surface area contributed by atoms with Crippen LogP contribution >= 0.6 is 11.6 Å². The molecule has 1 N–H and O–H groups in total. The average molecular weight is 476 g/mol. The normalized spacial score (nSPS) is 11.1. The van der Waals surface area contributed by atoms with Gasteiger partial charge in [-0.3, -0.25) is 4.79 Å². The first-order valence-corrected chi connectivity index (χ1v) is 11.4. The number of hydrogen-bond donors (Lipinski definition) is 1. The lowest BCUT2D eigenvalue weighted by atomic mass is 10.0. The molecule has 0 fully saturated rings. The lowest BCUT2D eigenvalue weighted by Gasteiger charge is -2.24. The second kappa shape index (κ2) is 8.95. The highest BCUT2D eigenvalue weighted by Gasteiger charge is 2.16. The molecule has 0 saturated carbocycles. The van der Waals surface area contributed by atoms with Crippen LogP contribution in [0.15, 0.2) is 53.5 Å². The molecule has 0 unspecified atom stereocenters. The summed E-state index contributed by atoms with van der Waals surface area (Å²) < 4.78 is 1.70. The number of hydrogen-bond acceptors (Lipinski definition) is 4. The Kier molecular flexibility index (Phi) is 6.19. The summed E-state index contributed by atoms with van der Waals surface area (Å²) in [5.74, 6) is -1.05. The van der Waals surface area contributed by atoms with Gasteiger partial charge in [-0.05, 0) is 67.8 Å². The van der Waals surface area contributed by atoms with Crippen LogP contribution in [0.2, 0.25) is 5.02 Å². The molecule has 0 atom stereocenters. The number of nitrogens with zero attached hydrogens (tertiary/aromatic N) is 3.